The topological polar surface area (TPSA) is 109 Å². The van der Waals surface area contributed by atoms with Crippen molar-refractivity contribution in [2.75, 3.05) is 13.1 Å². The van der Waals surface area contributed by atoms with E-state index in [1.807, 2.05) is 4.57 Å². The molecule has 0 atom stereocenters. The molecule has 0 spiro atoms. The number of likely N-dealkylation sites (tertiary alicyclic amines) is 1. The predicted octanol–water partition coefficient (Wildman–Crippen LogP) is 6.47. The second-order valence-corrected chi connectivity index (χ2v) is 15.0. The van der Waals surface area contributed by atoms with Gasteiger partial charge in [0.1, 0.15) is 0 Å². The molecule has 2 N–H and O–H groups in total. The molecule has 1 aliphatic heterocycles. The fraction of sp³-hybridized carbons (Fsp3) is 0.613. The highest BCUT2D eigenvalue weighted by Gasteiger charge is 2.40. The molecule has 2 heterocycles. The van der Waals surface area contributed by atoms with Gasteiger partial charge in [-0.25, -0.2) is 13.1 Å². The van der Waals surface area contributed by atoms with Crippen LogP contribution in [0.2, 0.25) is 0 Å². The highest BCUT2D eigenvalue weighted by molar-refractivity contribution is 7.89. The van der Waals surface area contributed by atoms with Crippen molar-refractivity contribution in [2.24, 2.45) is 11.3 Å². The van der Waals surface area contributed by atoms with Gasteiger partial charge in [-0.15, -0.1) is 0 Å². The number of carbonyl (C=O) groups excluding carboxylic acids is 1. The third-order valence-electron chi connectivity index (χ3n) is 8.74. The summed E-state index contributed by atoms with van der Waals surface area (Å²) in [5, 5.41) is 9.58. The summed E-state index contributed by atoms with van der Waals surface area (Å²) in [7, 11) is -4.49. The van der Waals surface area contributed by atoms with E-state index < -0.39 is 43.6 Å². The number of hydrogen-bond donors (Lipinski definition) is 2. The average molecular weight is 626 g/mol. The highest BCUT2D eigenvalue weighted by Crippen LogP contribution is 2.39. The molecule has 43 heavy (non-hydrogen) atoms. The quantitative estimate of drug-likeness (QED) is 0.367. The maximum absolute atomic E-state index is 14.4. The number of carboxylic acids is 1. The third-order valence-corrected chi connectivity index (χ3v) is 10.6. The first kappa shape index (κ1) is 33.0. The molecule has 2 fully saturated rings. The number of piperidine rings is 1. The van der Waals surface area contributed by atoms with Crippen LogP contribution in [-0.2, 0) is 27.5 Å². The minimum atomic E-state index is -4.95. The number of amides is 1. The Bertz CT molecular complexity index is 1480. The van der Waals surface area contributed by atoms with Gasteiger partial charge in [0.2, 0.25) is 10.0 Å². The molecule has 1 aromatic carbocycles. The summed E-state index contributed by atoms with van der Waals surface area (Å²) in [4.78, 5) is 26.2. The van der Waals surface area contributed by atoms with Crippen molar-refractivity contribution in [3.63, 3.8) is 0 Å². The van der Waals surface area contributed by atoms with E-state index in [0.29, 0.717) is 42.3 Å². The van der Waals surface area contributed by atoms with Gasteiger partial charge in [-0.2, -0.15) is 13.2 Å². The Morgan fingerprint density at radius 2 is 1.65 bits per heavy atom. The highest BCUT2D eigenvalue weighted by atomic mass is 32.2. The van der Waals surface area contributed by atoms with Crippen molar-refractivity contribution in [3.05, 3.63) is 41.1 Å². The summed E-state index contributed by atoms with van der Waals surface area (Å²) in [5.74, 6) is -0.899. The monoisotopic (exact) mass is 625 g/mol. The smallest absolute Gasteiger partial charge is 0.417 e. The second kappa shape index (κ2) is 11.9. The van der Waals surface area contributed by atoms with Crippen LogP contribution in [0, 0.1) is 18.3 Å². The zero-order valence-electron chi connectivity index (χ0n) is 25.5. The number of rotatable bonds is 7. The van der Waals surface area contributed by atoms with Gasteiger partial charge < -0.3 is 14.6 Å². The molecule has 4 rings (SSSR count). The number of carboxylic acid groups (broad SMARTS) is 1. The molecule has 1 amide bonds. The Balaban J connectivity index is 1.79. The number of aliphatic carboxylic acids is 1. The number of benzene rings is 1. The molecule has 12 heteroatoms. The van der Waals surface area contributed by atoms with Crippen LogP contribution in [0.15, 0.2) is 29.2 Å². The zero-order valence-corrected chi connectivity index (χ0v) is 26.3. The van der Waals surface area contributed by atoms with E-state index in [0.717, 1.165) is 44.2 Å². The molecule has 2 aromatic rings. The van der Waals surface area contributed by atoms with E-state index in [1.54, 1.807) is 45.6 Å². The Labute approximate surface area is 251 Å². The largest absolute Gasteiger partial charge is 0.481 e. The molecular weight excluding hydrogens is 583 g/mol. The standard InChI is InChI=1S/C31H42F3N3O5S/c1-20-23(27(38)36-15-13-30(5,14-16-36)28(39)40)18-25(37(20)19-21-9-7-6-8-10-21)22-11-12-26(24(17-22)31(32,33)34)43(41,42)35-29(2,3)4/h11-12,17-18,21,35H,6-10,13-16,19H2,1-5H3,(H,39,40). The number of hydrogen-bond acceptors (Lipinski definition) is 4. The molecule has 1 aliphatic carbocycles. The van der Waals surface area contributed by atoms with E-state index in [-0.39, 0.29) is 24.6 Å². The first-order valence-electron chi connectivity index (χ1n) is 14.8. The van der Waals surface area contributed by atoms with Crippen LogP contribution < -0.4 is 4.72 Å². The molecule has 1 saturated carbocycles. The molecular formula is C31H42F3N3O5S. The van der Waals surface area contributed by atoms with Gasteiger partial charge in [-0.05, 0) is 90.0 Å². The molecule has 1 saturated heterocycles. The first-order chi connectivity index (χ1) is 19.8. The molecule has 8 nitrogen and oxygen atoms in total. The van der Waals surface area contributed by atoms with Gasteiger partial charge in [0, 0.05) is 36.6 Å². The Morgan fingerprint density at radius 1 is 1.05 bits per heavy atom. The van der Waals surface area contributed by atoms with Crippen LogP contribution in [0.5, 0.6) is 0 Å². The van der Waals surface area contributed by atoms with Gasteiger partial charge >= 0.3 is 12.1 Å². The van der Waals surface area contributed by atoms with Crippen LogP contribution in [-0.4, -0.2) is 53.5 Å². The first-order valence-corrected chi connectivity index (χ1v) is 16.3. The van der Waals surface area contributed by atoms with Gasteiger partial charge in [-0.1, -0.05) is 25.3 Å². The SMILES string of the molecule is Cc1c(C(=O)N2CCC(C)(C(=O)O)CC2)cc(-c2ccc(S(=O)(=O)NC(C)(C)C)c(C(F)(F)F)c2)n1CC1CCCCC1. The van der Waals surface area contributed by atoms with Crippen LogP contribution in [0.1, 0.15) is 94.3 Å². The van der Waals surface area contributed by atoms with Crippen molar-refractivity contribution >= 4 is 21.9 Å². The minimum Gasteiger partial charge on any atom is -0.481 e. The molecule has 2 aliphatic rings. The average Bonchev–Trinajstić information content (AvgIpc) is 3.22. The Hall–Kier alpha value is -2.86. The Kier molecular flexibility index (Phi) is 9.15. The summed E-state index contributed by atoms with van der Waals surface area (Å²) in [6.45, 7) is 9.15. The van der Waals surface area contributed by atoms with Crippen molar-refractivity contribution in [2.45, 2.75) is 103 Å². The van der Waals surface area contributed by atoms with Crippen LogP contribution >= 0.6 is 0 Å². The number of halogens is 3. The normalized spacial score (nSPS) is 18.6. The molecule has 0 unspecified atom stereocenters. The lowest BCUT2D eigenvalue weighted by Gasteiger charge is -2.36. The maximum atomic E-state index is 14.4. The van der Waals surface area contributed by atoms with Gasteiger partial charge in [-0.3, -0.25) is 9.59 Å². The molecule has 1 aromatic heterocycles. The zero-order chi connectivity index (χ0) is 32.0. The fourth-order valence-corrected chi connectivity index (χ4v) is 7.78. The fourth-order valence-electron chi connectivity index (χ4n) is 6.15. The van der Waals surface area contributed by atoms with E-state index in [4.69, 9.17) is 0 Å². The third kappa shape index (κ3) is 7.28. The second-order valence-electron chi connectivity index (χ2n) is 13.4. The number of aromatic nitrogens is 1. The number of nitrogens with one attached hydrogen (secondary N) is 1. The van der Waals surface area contributed by atoms with E-state index in [1.165, 1.54) is 6.07 Å². The summed E-state index contributed by atoms with van der Waals surface area (Å²) in [6, 6.07) is 4.81. The van der Waals surface area contributed by atoms with Gasteiger partial charge in [0.15, 0.2) is 0 Å². The lowest BCUT2D eigenvalue weighted by atomic mass is 9.80. The summed E-state index contributed by atoms with van der Waals surface area (Å²) in [6.07, 6.45) is 0.869. The number of alkyl halides is 3. The van der Waals surface area contributed by atoms with Crippen LogP contribution in [0.3, 0.4) is 0 Å². The van der Waals surface area contributed by atoms with Crippen molar-refractivity contribution < 1.29 is 36.3 Å². The predicted molar refractivity (Wildman–Crippen MR) is 157 cm³/mol. The lowest BCUT2D eigenvalue weighted by molar-refractivity contribution is -0.150. The number of nitrogens with zero attached hydrogens (tertiary/aromatic N) is 2. The van der Waals surface area contributed by atoms with Crippen molar-refractivity contribution in [1.29, 1.82) is 0 Å². The van der Waals surface area contributed by atoms with E-state index >= 15 is 0 Å². The molecule has 0 bridgehead atoms. The van der Waals surface area contributed by atoms with E-state index in [9.17, 15) is 36.3 Å². The Morgan fingerprint density at radius 3 is 2.19 bits per heavy atom. The lowest BCUT2D eigenvalue weighted by Crippen LogP contribution is -2.45. The van der Waals surface area contributed by atoms with Crippen LogP contribution in [0.25, 0.3) is 11.3 Å². The number of sulfonamides is 1. The number of carbonyl (C=O) groups is 2. The van der Waals surface area contributed by atoms with Crippen molar-refractivity contribution in [3.8, 4) is 11.3 Å². The van der Waals surface area contributed by atoms with Crippen molar-refractivity contribution in [1.82, 2.24) is 14.2 Å². The summed E-state index contributed by atoms with van der Waals surface area (Å²) >= 11 is 0. The van der Waals surface area contributed by atoms with Gasteiger partial charge in [0.05, 0.1) is 21.4 Å². The van der Waals surface area contributed by atoms with Gasteiger partial charge in [0.25, 0.3) is 5.91 Å². The van der Waals surface area contributed by atoms with Crippen LogP contribution in [0.4, 0.5) is 13.2 Å². The maximum Gasteiger partial charge on any atom is 0.417 e. The molecule has 0 radical (unpaired) electrons. The minimum absolute atomic E-state index is 0.164. The summed E-state index contributed by atoms with van der Waals surface area (Å²) in [5.41, 5.74) is -1.63. The summed E-state index contributed by atoms with van der Waals surface area (Å²) < 4.78 is 73.3. The van der Waals surface area contributed by atoms with E-state index in [2.05, 4.69) is 4.72 Å². The molecule has 238 valence electrons.